The predicted octanol–water partition coefficient (Wildman–Crippen LogP) is -1.51. The van der Waals surface area contributed by atoms with Crippen molar-refractivity contribution >= 4 is 36.5 Å². The average Bonchev–Trinajstić information content (AvgIpc) is 1.27. The van der Waals surface area contributed by atoms with Crippen LogP contribution in [0, 0.1) is 0 Å². The summed E-state index contributed by atoms with van der Waals surface area (Å²) in [6, 6.07) is 0. The van der Waals surface area contributed by atoms with Crippen LogP contribution in [0.4, 0.5) is 4.79 Å². The Balaban J connectivity index is -0.0000000300. The standard InChI is InChI=1S/CH3BO5.Mg.Zn.2H/c3-1(4)7-2(5)6;;;;/h5-6H,(H,3,4);;;;/q;+2;;2*-1. The van der Waals surface area contributed by atoms with Gasteiger partial charge in [-0.15, -0.1) is 0 Å². The van der Waals surface area contributed by atoms with Gasteiger partial charge in [0.15, 0.2) is 0 Å². The second kappa shape index (κ2) is 8.64. The Bertz CT molecular complexity index is 84.9. The van der Waals surface area contributed by atoms with Crippen LogP contribution in [0.2, 0.25) is 0 Å². The Labute approximate surface area is 83.4 Å². The maximum atomic E-state index is 9.27. The van der Waals surface area contributed by atoms with Crippen LogP contribution in [0.3, 0.4) is 0 Å². The molecule has 0 aromatic carbocycles. The van der Waals surface area contributed by atoms with Crippen LogP contribution >= 0.6 is 0 Å². The van der Waals surface area contributed by atoms with E-state index < -0.39 is 13.5 Å². The van der Waals surface area contributed by atoms with Gasteiger partial charge in [-0.05, 0) is 0 Å². The van der Waals surface area contributed by atoms with Gasteiger partial charge in [-0.3, -0.25) is 0 Å². The van der Waals surface area contributed by atoms with Crippen molar-refractivity contribution in [2.24, 2.45) is 0 Å². The van der Waals surface area contributed by atoms with E-state index in [0.717, 1.165) is 0 Å². The molecular formula is CH5BMgO5Zn. The van der Waals surface area contributed by atoms with Crippen molar-refractivity contribution in [1.29, 1.82) is 0 Å². The fourth-order valence-corrected chi connectivity index (χ4v) is 0.0902. The molecule has 0 spiro atoms. The molecule has 0 amide bonds. The molecule has 0 heterocycles. The summed E-state index contributed by atoms with van der Waals surface area (Å²) in [6.45, 7) is 0. The molecule has 0 rings (SSSR count). The molecule has 0 unspecified atom stereocenters. The number of hydrogen-bond acceptors (Lipinski definition) is 4. The van der Waals surface area contributed by atoms with E-state index in [1.807, 2.05) is 0 Å². The smallest absolute Gasteiger partial charge is 1.00 e. The van der Waals surface area contributed by atoms with Crippen molar-refractivity contribution in [3.63, 3.8) is 0 Å². The van der Waals surface area contributed by atoms with Crippen LogP contribution in [0.25, 0.3) is 0 Å². The maximum absolute atomic E-state index is 9.27. The second-order valence-electron chi connectivity index (χ2n) is 0.710. The largest absolute Gasteiger partial charge is 2.00 e. The Morgan fingerprint density at radius 3 is 1.89 bits per heavy atom. The first kappa shape index (κ1) is 16.3. The summed E-state index contributed by atoms with van der Waals surface area (Å²) in [5, 5.41) is 22.9. The first-order chi connectivity index (χ1) is 3.13. The minimum Gasteiger partial charge on any atom is -1.00 e. The molecule has 0 aromatic heterocycles. The molecule has 5 nitrogen and oxygen atoms in total. The number of carboxylic acid groups (broad SMARTS) is 1. The Morgan fingerprint density at radius 1 is 1.56 bits per heavy atom. The molecule has 0 aliphatic carbocycles. The van der Waals surface area contributed by atoms with Crippen LogP contribution in [-0.4, -0.2) is 51.7 Å². The van der Waals surface area contributed by atoms with Crippen LogP contribution in [0.15, 0.2) is 0 Å². The molecule has 3 N–H and O–H groups in total. The summed E-state index contributed by atoms with van der Waals surface area (Å²) in [4.78, 5) is 9.27. The van der Waals surface area contributed by atoms with Crippen LogP contribution in [-0.2, 0) is 24.1 Å². The summed E-state index contributed by atoms with van der Waals surface area (Å²) in [6.07, 6.45) is -1.71. The van der Waals surface area contributed by atoms with Crippen molar-refractivity contribution in [3.05, 3.63) is 0 Å². The third-order valence-electron chi connectivity index (χ3n) is 0.206. The number of hydrogen-bond donors (Lipinski definition) is 3. The van der Waals surface area contributed by atoms with Crippen molar-refractivity contribution in [1.82, 2.24) is 0 Å². The normalized spacial score (nSPS) is 6.00. The monoisotopic (exact) mass is 196 g/mol. The van der Waals surface area contributed by atoms with E-state index in [-0.39, 0.29) is 45.4 Å². The number of carbonyl (C=O) groups is 1. The van der Waals surface area contributed by atoms with Crippen molar-refractivity contribution in [2.45, 2.75) is 0 Å². The van der Waals surface area contributed by atoms with Crippen molar-refractivity contribution in [2.75, 3.05) is 0 Å². The molecule has 0 radical (unpaired) electrons. The van der Waals surface area contributed by atoms with Crippen LogP contribution in [0.1, 0.15) is 2.85 Å². The quantitative estimate of drug-likeness (QED) is 0.445. The SMILES string of the molecule is O=C(O)OB(O)O.[H-].[H-].[Mg+2].[Zn]. The fraction of sp³-hybridized carbons (Fsp3) is 0. The third-order valence-corrected chi connectivity index (χ3v) is 0.206. The van der Waals surface area contributed by atoms with E-state index in [1.54, 1.807) is 0 Å². The Kier molecular flexibility index (Phi) is 15.7. The van der Waals surface area contributed by atoms with Gasteiger partial charge in [0.25, 0.3) is 0 Å². The summed E-state index contributed by atoms with van der Waals surface area (Å²) in [7, 11) is -2.22. The van der Waals surface area contributed by atoms with E-state index >= 15 is 0 Å². The molecule has 46 valence electrons. The van der Waals surface area contributed by atoms with E-state index in [9.17, 15) is 4.79 Å². The summed E-state index contributed by atoms with van der Waals surface area (Å²) >= 11 is 0. The Hall–Kier alpha value is 0.645. The minimum atomic E-state index is -2.22. The zero-order chi connectivity index (χ0) is 5.86. The Morgan fingerprint density at radius 2 is 1.89 bits per heavy atom. The van der Waals surface area contributed by atoms with E-state index in [4.69, 9.17) is 15.2 Å². The van der Waals surface area contributed by atoms with Gasteiger partial charge in [-0.25, -0.2) is 4.79 Å². The minimum absolute atomic E-state index is 0. The zero-order valence-electron chi connectivity index (χ0n) is 6.65. The van der Waals surface area contributed by atoms with Crippen LogP contribution in [0.5, 0.6) is 0 Å². The molecule has 0 atom stereocenters. The first-order valence-electron chi connectivity index (χ1n) is 1.38. The van der Waals surface area contributed by atoms with Gasteiger partial charge in [-0.1, -0.05) is 0 Å². The average molecular weight is 198 g/mol. The molecule has 0 saturated carbocycles. The molecule has 0 aliphatic rings. The van der Waals surface area contributed by atoms with Gasteiger partial charge in [-0.2, -0.15) is 0 Å². The van der Waals surface area contributed by atoms with Crippen LogP contribution < -0.4 is 0 Å². The molecule has 0 aliphatic heterocycles. The van der Waals surface area contributed by atoms with Gasteiger partial charge in [0, 0.05) is 19.5 Å². The van der Waals surface area contributed by atoms with Gasteiger partial charge >= 0.3 is 36.5 Å². The number of rotatable bonds is 1. The predicted molar refractivity (Wildman–Crippen MR) is 27.3 cm³/mol. The van der Waals surface area contributed by atoms with Gasteiger partial charge in [0.1, 0.15) is 0 Å². The van der Waals surface area contributed by atoms with E-state index in [0.29, 0.717) is 0 Å². The fourth-order valence-electron chi connectivity index (χ4n) is 0.0902. The molecule has 0 bridgehead atoms. The van der Waals surface area contributed by atoms with Gasteiger partial charge < -0.3 is 22.7 Å². The van der Waals surface area contributed by atoms with E-state index in [2.05, 4.69) is 4.65 Å². The summed E-state index contributed by atoms with van der Waals surface area (Å²) in [5.41, 5.74) is 0. The zero-order valence-corrected chi connectivity index (χ0v) is 9.03. The summed E-state index contributed by atoms with van der Waals surface area (Å²) in [5.74, 6) is 0. The van der Waals surface area contributed by atoms with Gasteiger partial charge in [0.05, 0.1) is 0 Å². The third kappa shape index (κ3) is 17.7. The van der Waals surface area contributed by atoms with Gasteiger partial charge in [0.2, 0.25) is 0 Å². The molecule has 0 fully saturated rings. The summed E-state index contributed by atoms with van der Waals surface area (Å²) < 4.78 is 3.28. The maximum Gasteiger partial charge on any atom is 2.00 e. The van der Waals surface area contributed by atoms with E-state index in [1.165, 1.54) is 0 Å². The molecule has 8 heteroatoms. The van der Waals surface area contributed by atoms with Crippen molar-refractivity contribution < 1.29 is 46.9 Å². The topological polar surface area (TPSA) is 87.0 Å². The molecule has 0 saturated heterocycles. The first-order valence-corrected chi connectivity index (χ1v) is 1.38. The second-order valence-corrected chi connectivity index (χ2v) is 0.710. The molecule has 9 heavy (non-hydrogen) atoms. The van der Waals surface area contributed by atoms with Crippen molar-refractivity contribution in [3.8, 4) is 0 Å². The molecule has 0 aromatic rings. The molecular weight excluding hydrogens is 193 g/mol.